The van der Waals surface area contributed by atoms with Gasteiger partial charge in [0.25, 0.3) is 0 Å². The molecule has 0 aliphatic rings. The summed E-state index contributed by atoms with van der Waals surface area (Å²) in [6, 6.07) is 1.87. The number of hydrogen-bond acceptors (Lipinski definition) is 5. The first-order valence-electron chi connectivity index (χ1n) is 5.02. The van der Waals surface area contributed by atoms with Gasteiger partial charge in [0.2, 0.25) is 10.9 Å². The molecule has 2 aromatic heterocycles. The highest BCUT2D eigenvalue weighted by molar-refractivity contribution is 9.10. The van der Waals surface area contributed by atoms with Crippen molar-refractivity contribution in [1.29, 1.82) is 0 Å². The van der Waals surface area contributed by atoms with E-state index in [0.29, 0.717) is 14.9 Å². The van der Waals surface area contributed by atoms with Crippen LogP contribution in [0.1, 0.15) is 14.5 Å². The van der Waals surface area contributed by atoms with Crippen molar-refractivity contribution in [1.82, 2.24) is 9.88 Å². The van der Waals surface area contributed by atoms with Crippen LogP contribution < -0.4 is 0 Å². The lowest BCUT2D eigenvalue weighted by Crippen LogP contribution is -2.06. The maximum Gasteiger partial charge on any atom is 0.215 e. The minimum Gasteiger partial charge on any atom is -0.369 e. The normalized spacial score (nSPS) is 11.1. The predicted molar refractivity (Wildman–Crippen MR) is 79.4 cm³/mol. The van der Waals surface area contributed by atoms with Crippen molar-refractivity contribution < 1.29 is 4.79 Å². The van der Waals surface area contributed by atoms with Gasteiger partial charge < -0.3 is 4.90 Å². The number of hydrogen-bond donors (Lipinski definition) is 0. The SMILES string of the molecule is CN(C)/C=N/c1ncc(C(=O)c2sccc2Br)s1. The molecule has 0 N–H and O–H groups in total. The van der Waals surface area contributed by atoms with Crippen LogP contribution in [0, 0.1) is 0 Å². The number of thiazole rings is 1. The molecule has 0 saturated heterocycles. The van der Waals surface area contributed by atoms with Gasteiger partial charge in [-0.2, -0.15) is 0 Å². The van der Waals surface area contributed by atoms with Crippen molar-refractivity contribution in [2.75, 3.05) is 14.1 Å². The molecule has 0 saturated carbocycles. The van der Waals surface area contributed by atoms with Crippen molar-refractivity contribution in [2.45, 2.75) is 0 Å². The molecule has 2 aromatic rings. The zero-order chi connectivity index (χ0) is 13.1. The Balaban J connectivity index is 2.20. The van der Waals surface area contributed by atoms with Gasteiger partial charge in [-0.15, -0.1) is 11.3 Å². The van der Waals surface area contributed by atoms with E-state index >= 15 is 0 Å². The maximum absolute atomic E-state index is 12.2. The van der Waals surface area contributed by atoms with Gasteiger partial charge in [-0.1, -0.05) is 11.3 Å². The minimum atomic E-state index is -0.0133. The largest absolute Gasteiger partial charge is 0.369 e. The summed E-state index contributed by atoms with van der Waals surface area (Å²) in [5.74, 6) is -0.0133. The van der Waals surface area contributed by atoms with Crippen LogP contribution >= 0.6 is 38.6 Å². The van der Waals surface area contributed by atoms with Gasteiger partial charge in [0.1, 0.15) is 0 Å². The highest BCUT2D eigenvalue weighted by atomic mass is 79.9. The molecule has 0 atom stereocenters. The summed E-state index contributed by atoms with van der Waals surface area (Å²) in [6.07, 6.45) is 3.23. The second-order valence-electron chi connectivity index (χ2n) is 3.64. The van der Waals surface area contributed by atoms with Crippen molar-refractivity contribution in [2.24, 2.45) is 4.99 Å². The molecule has 0 spiro atoms. The van der Waals surface area contributed by atoms with E-state index in [0.717, 1.165) is 4.47 Å². The van der Waals surface area contributed by atoms with E-state index in [1.165, 1.54) is 22.7 Å². The molecule has 7 heteroatoms. The Morgan fingerprint density at radius 1 is 1.56 bits per heavy atom. The molecule has 0 amide bonds. The van der Waals surface area contributed by atoms with Crippen molar-refractivity contribution in [3.05, 3.63) is 31.9 Å². The lowest BCUT2D eigenvalue weighted by molar-refractivity contribution is 0.104. The Bertz CT molecular complexity index is 589. The van der Waals surface area contributed by atoms with Crippen LogP contribution in [0.2, 0.25) is 0 Å². The zero-order valence-electron chi connectivity index (χ0n) is 9.75. The third-order valence-electron chi connectivity index (χ3n) is 1.94. The molecule has 0 unspecified atom stereocenters. The van der Waals surface area contributed by atoms with Gasteiger partial charge in [-0.25, -0.2) is 9.98 Å². The standard InChI is InChI=1S/C11H10BrN3OS2/c1-15(2)6-14-11-13-5-8(18-11)9(16)10-7(12)3-4-17-10/h3-6H,1-2H3/b14-6+. The summed E-state index contributed by atoms with van der Waals surface area (Å²) in [6.45, 7) is 0. The summed E-state index contributed by atoms with van der Waals surface area (Å²) in [7, 11) is 3.76. The second-order valence-corrected chi connectivity index (χ2v) is 6.42. The first-order valence-corrected chi connectivity index (χ1v) is 7.51. The van der Waals surface area contributed by atoms with Gasteiger partial charge in [-0.05, 0) is 27.4 Å². The number of halogens is 1. The van der Waals surface area contributed by atoms with Crippen LogP contribution in [0.4, 0.5) is 5.13 Å². The molecule has 18 heavy (non-hydrogen) atoms. The lowest BCUT2D eigenvalue weighted by atomic mass is 10.3. The monoisotopic (exact) mass is 343 g/mol. The fourth-order valence-corrected chi connectivity index (χ4v) is 3.43. The fraction of sp³-hybridized carbons (Fsp3) is 0.182. The van der Waals surface area contributed by atoms with E-state index in [4.69, 9.17) is 0 Å². The summed E-state index contributed by atoms with van der Waals surface area (Å²) < 4.78 is 0.823. The smallest absolute Gasteiger partial charge is 0.215 e. The molecular weight excluding hydrogens is 334 g/mol. The van der Waals surface area contributed by atoms with E-state index in [2.05, 4.69) is 25.9 Å². The van der Waals surface area contributed by atoms with Gasteiger partial charge in [0, 0.05) is 18.6 Å². The first kappa shape index (κ1) is 13.4. The molecule has 0 aliphatic carbocycles. The number of aromatic nitrogens is 1. The number of nitrogens with zero attached hydrogens (tertiary/aromatic N) is 3. The molecule has 0 fully saturated rings. The van der Waals surface area contributed by atoms with Crippen LogP contribution in [0.25, 0.3) is 0 Å². The van der Waals surface area contributed by atoms with Crippen LogP contribution in [-0.2, 0) is 0 Å². The number of carbonyl (C=O) groups is 1. The summed E-state index contributed by atoms with van der Waals surface area (Å²) in [5, 5.41) is 2.46. The third-order valence-corrected chi connectivity index (χ3v) is 4.68. The molecule has 0 bridgehead atoms. The van der Waals surface area contributed by atoms with Crippen molar-refractivity contribution >= 4 is 55.9 Å². The van der Waals surface area contributed by atoms with Crippen LogP contribution in [-0.4, -0.2) is 36.1 Å². The fourth-order valence-electron chi connectivity index (χ4n) is 1.16. The van der Waals surface area contributed by atoms with Crippen LogP contribution in [0.3, 0.4) is 0 Å². The molecule has 0 radical (unpaired) electrons. The van der Waals surface area contributed by atoms with Gasteiger partial charge in [0.15, 0.2) is 0 Å². The van der Waals surface area contributed by atoms with Crippen molar-refractivity contribution in [3.8, 4) is 0 Å². The second kappa shape index (κ2) is 5.73. The molecule has 94 valence electrons. The van der Waals surface area contributed by atoms with E-state index in [1.54, 1.807) is 12.5 Å². The first-order chi connectivity index (χ1) is 8.58. The average molecular weight is 344 g/mol. The summed E-state index contributed by atoms with van der Waals surface area (Å²) in [4.78, 5) is 23.6. The number of rotatable bonds is 4. The van der Waals surface area contributed by atoms with E-state index in [9.17, 15) is 4.79 Å². The van der Waals surface area contributed by atoms with E-state index in [1.807, 2.05) is 30.4 Å². The Hall–Kier alpha value is -1.05. The number of thiophene rings is 1. The highest BCUT2D eigenvalue weighted by Crippen LogP contribution is 2.29. The molecule has 0 aromatic carbocycles. The molecule has 2 heterocycles. The Morgan fingerprint density at radius 2 is 2.33 bits per heavy atom. The lowest BCUT2D eigenvalue weighted by Gasteiger charge is -1.99. The quantitative estimate of drug-likeness (QED) is 0.485. The molecule has 2 rings (SSSR count). The average Bonchev–Trinajstić information content (AvgIpc) is 2.94. The van der Waals surface area contributed by atoms with Gasteiger partial charge in [-0.3, -0.25) is 4.79 Å². The Kier molecular flexibility index (Phi) is 4.26. The molecular formula is C11H10BrN3OS2. The number of carbonyl (C=O) groups excluding carboxylic acids is 1. The Labute approximate surface area is 121 Å². The van der Waals surface area contributed by atoms with Crippen molar-refractivity contribution in [3.63, 3.8) is 0 Å². The number of ketones is 1. The maximum atomic E-state index is 12.2. The predicted octanol–water partition coefficient (Wildman–Crippen LogP) is 3.42. The summed E-state index contributed by atoms with van der Waals surface area (Å²) >= 11 is 6.06. The van der Waals surface area contributed by atoms with Crippen LogP contribution in [0.5, 0.6) is 0 Å². The molecule has 4 nitrogen and oxygen atoms in total. The highest BCUT2D eigenvalue weighted by Gasteiger charge is 2.16. The van der Waals surface area contributed by atoms with Crippen LogP contribution in [0.15, 0.2) is 27.1 Å². The van der Waals surface area contributed by atoms with Gasteiger partial charge >= 0.3 is 0 Å². The topological polar surface area (TPSA) is 45.6 Å². The Morgan fingerprint density at radius 3 is 2.94 bits per heavy atom. The van der Waals surface area contributed by atoms with Gasteiger partial charge in [0.05, 0.1) is 22.3 Å². The number of aliphatic imine (C=N–C) groups is 1. The summed E-state index contributed by atoms with van der Waals surface area (Å²) in [5.41, 5.74) is 0. The third kappa shape index (κ3) is 3.04. The molecule has 0 aliphatic heterocycles. The minimum absolute atomic E-state index is 0.0133. The van der Waals surface area contributed by atoms with E-state index in [-0.39, 0.29) is 5.78 Å². The zero-order valence-corrected chi connectivity index (χ0v) is 13.0. The van der Waals surface area contributed by atoms with E-state index < -0.39 is 0 Å².